The second-order valence-electron chi connectivity index (χ2n) is 6.81. The molecular weight excluding hydrogens is 338 g/mol. The number of hydrogen-bond donors (Lipinski definition) is 1. The number of carbonyl (C=O) groups is 1. The van der Waals surface area contributed by atoms with Crippen LogP contribution in [0.2, 0.25) is 0 Å². The summed E-state index contributed by atoms with van der Waals surface area (Å²) in [5.41, 5.74) is 0. The van der Waals surface area contributed by atoms with Crippen molar-refractivity contribution >= 4 is 16.1 Å². The molecule has 0 amide bonds. The summed E-state index contributed by atoms with van der Waals surface area (Å²) in [5, 5.41) is 2.72. The van der Waals surface area contributed by atoms with Crippen molar-refractivity contribution in [1.82, 2.24) is 5.32 Å². The summed E-state index contributed by atoms with van der Waals surface area (Å²) in [4.78, 5) is 11.5. The van der Waals surface area contributed by atoms with E-state index in [2.05, 4.69) is 16.4 Å². The van der Waals surface area contributed by atoms with Gasteiger partial charge >= 0.3 is 16.1 Å². The Balaban J connectivity index is 3.36. The lowest BCUT2D eigenvalue weighted by atomic mass is 10.0. The van der Waals surface area contributed by atoms with E-state index in [1.807, 2.05) is 0 Å². The first kappa shape index (κ1) is 24.4. The lowest BCUT2D eigenvalue weighted by molar-refractivity contribution is -0.133. The van der Waals surface area contributed by atoms with Gasteiger partial charge in [-0.25, -0.2) is 0 Å². The second kappa shape index (κ2) is 16.8. The summed E-state index contributed by atoms with van der Waals surface area (Å²) < 4.78 is 27.4. The van der Waals surface area contributed by atoms with Crippen LogP contribution in [-0.4, -0.2) is 33.7 Å². The zero-order valence-electron chi connectivity index (χ0n) is 16.4. The van der Waals surface area contributed by atoms with E-state index >= 15 is 0 Å². The SMILES string of the molecule is CCCCCCCCCCCCCCCC(=O)OS(=O)(=O)CCNC. The number of carbonyl (C=O) groups excluding carboxylic acids is 1. The lowest BCUT2D eigenvalue weighted by Gasteiger charge is -2.05. The molecule has 0 aliphatic carbocycles. The largest absolute Gasteiger partial charge is 0.346 e. The standard InChI is InChI=1S/C19H39NO4S/c1-3-4-5-6-7-8-9-10-11-12-13-14-15-16-19(21)24-25(22,23)18-17-20-2/h20H,3-18H2,1-2H3. The number of rotatable bonds is 18. The van der Waals surface area contributed by atoms with Gasteiger partial charge in [-0.3, -0.25) is 4.79 Å². The maximum absolute atomic E-state index is 11.5. The maximum atomic E-state index is 11.5. The quantitative estimate of drug-likeness (QED) is 0.280. The van der Waals surface area contributed by atoms with E-state index in [9.17, 15) is 13.2 Å². The van der Waals surface area contributed by atoms with Gasteiger partial charge in [0.05, 0.1) is 5.75 Å². The Morgan fingerprint density at radius 3 is 1.68 bits per heavy atom. The van der Waals surface area contributed by atoms with E-state index in [1.54, 1.807) is 7.05 Å². The van der Waals surface area contributed by atoms with Crippen LogP contribution in [0.15, 0.2) is 0 Å². The molecule has 0 fully saturated rings. The first-order valence-electron chi connectivity index (χ1n) is 10.1. The van der Waals surface area contributed by atoms with Crippen LogP contribution in [0, 0.1) is 0 Å². The molecule has 0 heterocycles. The predicted octanol–water partition coefficient (Wildman–Crippen LogP) is 4.56. The van der Waals surface area contributed by atoms with Crippen LogP contribution in [-0.2, 0) is 19.1 Å². The molecule has 0 aromatic heterocycles. The van der Waals surface area contributed by atoms with Gasteiger partial charge in [-0.05, 0) is 13.5 Å². The zero-order valence-corrected chi connectivity index (χ0v) is 17.2. The molecule has 5 nitrogen and oxygen atoms in total. The molecule has 25 heavy (non-hydrogen) atoms. The van der Waals surface area contributed by atoms with Crippen molar-refractivity contribution in [3.8, 4) is 0 Å². The molecule has 0 bridgehead atoms. The Labute approximate surface area is 155 Å². The fourth-order valence-electron chi connectivity index (χ4n) is 2.74. The summed E-state index contributed by atoms with van der Waals surface area (Å²) in [7, 11) is -2.07. The summed E-state index contributed by atoms with van der Waals surface area (Å²) >= 11 is 0. The minimum Gasteiger partial charge on any atom is -0.346 e. The van der Waals surface area contributed by atoms with Crippen molar-refractivity contribution in [3.05, 3.63) is 0 Å². The average molecular weight is 378 g/mol. The Morgan fingerprint density at radius 1 is 0.800 bits per heavy atom. The molecule has 150 valence electrons. The van der Waals surface area contributed by atoms with Crippen LogP contribution in [0.3, 0.4) is 0 Å². The Hall–Kier alpha value is -0.620. The summed E-state index contributed by atoms with van der Waals surface area (Å²) in [6, 6.07) is 0. The topological polar surface area (TPSA) is 72.5 Å². The van der Waals surface area contributed by atoms with Crippen LogP contribution in [0.1, 0.15) is 96.8 Å². The van der Waals surface area contributed by atoms with E-state index < -0.39 is 16.1 Å². The van der Waals surface area contributed by atoms with Gasteiger partial charge in [0.25, 0.3) is 0 Å². The van der Waals surface area contributed by atoms with Gasteiger partial charge in [0, 0.05) is 13.0 Å². The molecule has 6 heteroatoms. The molecule has 0 unspecified atom stereocenters. The molecule has 0 aromatic rings. The third-order valence-corrected chi connectivity index (χ3v) is 5.45. The summed E-state index contributed by atoms with van der Waals surface area (Å²) in [5.74, 6) is -0.799. The first-order chi connectivity index (χ1) is 12.0. The zero-order chi connectivity index (χ0) is 18.8. The Bertz CT molecular complexity index is 410. The molecule has 0 aromatic carbocycles. The highest BCUT2D eigenvalue weighted by atomic mass is 32.2. The highest BCUT2D eigenvalue weighted by Crippen LogP contribution is 2.13. The summed E-state index contributed by atoms with van der Waals surface area (Å²) in [6.45, 7) is 2.53. The highest BCUT2D eigenvalue weighted by molar-refractivity contribution is 7.87. The molecule has 0 aliphatic heterocycles. The van der Waals surface area contributed by atoms with Crippen LogP contribution in [0.4, 0.5) is 0 Å². The van der Waals surface area contributed by atoms with Crippen LogP contribution in [0.25, 0.3) is 0 Å². The molecule has 0 aliphatic rings. The molecule has 1 N–H and O–H groups in total. The second-order valence-corrected chi connectivity index (χ2v) is 8.50. The van der Waals surface area contributed by atoms with Crippen molar-refractivity contribution < 1.29 is 17.4 Å². The van der Waals surface area contributed by atoms with Gasteiger partial charge in [-0.2, -0.15) is 8.42 Å². The van der Waals surface area contributed by atoms with E-state index in [4.69, 9.17) is 0 Å². The van der Waals surface area contributed by atoms with Crippen molar-refractivity contribution in [2.24, 2.45) is 0 Å². The number of nitrogens with one attached hydrogen (secondary N) is 1. The van der Waals surface area contributed by atoms with Gasteiger partial charge in [0.2, 0.25) is 0 Å². The van der Waals surface area contributed by atoms with E-state index in [1.165, 1.54) is 64.2 Å². The van der Waals surface area contributed by atoms with E-state index in [0.29, 0.717) is 6.42 Å². The van der Waals surface area contributed by atoms with Crippen molar-refractivity contribution in [2.45, 2.75) is 96.8 Å². The predicted molar refractivity (Wildman–Crippen MR) is 104 cm³/mol. The van der Waals surface area contributed by atoms with Crippen LogP contribution < -0.4 is 5.32 Å². The monoisotopic (exact) mass is 377 g/mol. The molecule has 0 saturated carbocycles. The van der Waals surface area contributed by atoms with Gasteiger partial charge in [-0.15, -0.1) is 0 Å². The van der Waals surface area contributed by atoms with Crippen LogP contribution in [0.5, 0.6) is 0 Å². The van der Waals surface area contributed by atoms with Gasteiger partial charge in [0.1, 0.15) is 0 Å². The lowest BCUT2D eigenvalue weighted by Crippen LogP contribution is -2.23. The highest BCUT2D eigenvalue weighted by Gasteiger charge is 2.15. The van der Waals surface area contributed by atoms with Gasteiger partial charge < -0.3 is 9.50 Å². The minimum absolute atomic E-state index is 0.173. The first-order valence-corrected chi connectivity index (χ1v) is 11.7. The molecule has 0 radical (unpaired) electrons. The number of hydrogen-bond acceptors (Lipinski definition) is 5. The summed E-state index contributed by atoms with van der Waals surface area (Å²) in [6.07, 6.45) is 16.2. The third kappa shape index (κ3) is 18.0. The average Bonchev–Trinajstić information content (AvgIpc) is 2.57. The molecule has 0 spiro atoms. The fraction of sp³-hybridized carbons (Fsp3) is 0.947. The smallest absolute Gasteiger partial charge is 0.322 e. The van der Waals surface area contributed by atoms with Gasteiger partial charge in [-0.1, -0.05) is 84.0 Å². The van der Waals surface area contributed by atoms with Crippen molar-refractivity contribution in [3.63, 3.8) is 0 Å². The Morgan fingerprint density at radius 2 is 1.24 bits per heavy atom. The van der Waals surface area contributed by atoms with Crippen molar-refractivity contribution in [2.75, 3.05) is 19.3 Å². The van der Waals surface area contributed by atoms with Crippen LogP contribution >= 0.6 is 0 Å². The maximum Gasteiger partial charge on any atom is 0.322 e. The van der Waals surface area contributed by atoms with E-state index in [0.717, 1.165) is 12.8 Å². The number of unbranched alkanes of at least 4 members (excludes halogenated alkanes) is 12. The molecule has 0 rings (SSSR count). The van der Waals surface area contributed by atoms with Crippen molar-refractivity contribution in [1.29, 1.82) is 0 Å². The van der Waals surface area contributed by atoms with E-state index in [-0.39, 0.29) is 18.7 Å². The minimum atomic E-state index is -3.72. The third-order valence-electron chi connectivity index (χ3n) is 4.31. The normalized spacial score (nSPS) is 11.6. The molecule has 0 atom stereocenters. The van der Waals surface area contributed by atoms with Gasteiger partial charge in [0.15, 0.2) is 0 Å². The molecule has 0 saturated heterocycles. The fourth-order valence-corrected chi connectivity index (χ4v) is 3.64. The Kier molecular flexibility index (Phi) is 16.4. The molecular formula is C19H39NO4S.